The van der Waals surface area contributed by atoms with E-state index in [0.29, 0.717) is 80.1 Å². The lowest BCUT2D eigenvalue weighted by atomic mass is 9.79. The van der Waals surface area contributed by atoms with Crippen LogP contribution in [0.4, 0.5) is 0 Å². The lowest BCUT2D eigenvalue weighted by Crippen LogP contribution is -2.41. The Balaban J connectivity index is 1.59. The third kappa shape index (κ3) is 3.55. The molecule has 5 aromatic rings. The van der Waals surface area contributed by atoms with Crippen LogP contribution in [0.3, 0.4) is 0 Å². The summed E-state index contributed by atoms with van der Waals surface area (Å²) in [6.45, 7) is 4.69. The first-order chi connectivity index (χ1) is 21.4. The van der Waals surface area contributed by atoms with Gasteiger partial charge in [0.15, 0.2) is 0 Å². The third-order valence-electron chi connectivity index (χ3n) is 9.22. The normalized spacial score (nSPS) is 14.5. The highest BCUT2D eigenvalue weighted by Crippen LogP contribution is 2.48. The second kappa shape index (κ2) is 10.1. The molecule has 2 aliphatic rings. The molecule has 5 aromatic carbocycles. The van der Waals surface area contributed by atoms with Crippen molar-refractivity contribution < 1.29 is 19.2 Å². The Morgan fingerprint density at radius 1 is 0.523 bits per heavy atom. The summed E-state index contributed by atoms with van der Waals surface area (Å²) >= 11 is 0. The van der Waals surface area contributed by atoms with Gasteiger partial charge in [-0.2, -0.15) is 10.5 Å². The SMILES string of the molecule is CCCCCN1C(=O)c2ccc3c4c(C#N)cc5c6c(ccc(c7c(C#N)cc(c2c37)C1=O)c64)C(=O)N(CCCCC)C5=O. The summed E-state index contributed by atoms with van der Waals surface area (Å²) in [7, 11) is 0. The number of carbonyl (C=O) groups excluding carboxylic acids is 4. The van der Waals surface area contributed by atoms with Crippen molar-refractivity contribution in [2.45, 2.75) is 52.4 Å². The molecule has 8 nitrogen and oxygen atoms in total. The number of fused-ring (bicyclic) bond motifs is 2. The third-order valence-corrected chi connectivity index (χ3v) is 9.22. The largest absolute Gasteiger partial charge is 0.274 e. The molecule has 2 heterocycles. The van der Waals surface area contributed by atoms with Crippen molar-refractivity contribution in [1.29, 1.82) is 10.5 Å². The van der Waals surface area contributed by atoms with Gasteiger partial charge in [0, 0.05) is 56.5 Å². The zero-order chi connectivity index (χ0) is 30.9. The molecule has 2 aliphatic heterocycles. The number of carbonyl (C=O) groups is 4. The Hall–Kier alpha value is -5.34. The summed E-state index contributed by atoms with van der Waals surface area (Å²) in [6, 6.07) is 14.6. The van der Waals surface area contributed by atoms with Crippen LogP contribution in [0.1, 0.15) is 105 Å². The van der Waals surface area contributed by atoms with Crippen LogP contribution in [-0.4, -0.2) is 46.5 Å². The molecule has 0 saturated carbocycles. The Labute approximate surface area is 253 Å². The Bertz CT molecular complexity index is 2060. The van der Waals surface area contributed by atoms with E-state index in [1.54, 1.807) is 36.4 Å². The van der Waals surface area contributed by atoms with E-state index in [4.69, 9.17) is 0 Å². The summed E-state index contributed by atoms with van der Waals surface area (Å²) in [4.78, 5) is 57.4. The quantitative estimate of drug-likeness (QED) is 0.0839. The minimum Gasteiger partial charge on any atom is -0.274 e. The zero-order valence-electron chi connectivity index (χ0n) is 24.5. The summed E-state index contributed by atoms with van der Waals surface area (Å²) in [5.74, 6) is -1.63. The van der Waals surface area contributed by atoms with Crippen molar-refractivity contribution in [2.24, 2.45) is 0 Å². The van der Waals surface area contributed by atoms with E-state index in [-0.39, 0.29) is 34.1 Å². The predicted molar refractivity (Wildman–Crippen MR) is 167 cm³/mol. The fourth-order valence-electron chi connectivity index (χ4n) is 7.19. The van der Waals surface area contributed by atoms with Crippen LogP contribution in [0.15, 0.2) is 36.4 Å². The fraction of sp³-hybridized carbons (Fsp3) is 0.278. The van der Waals surface area contributed by atoms with Crippen molar-refractivity contribution in [3.8, 4) is 12.1 Å². The van der Waals surface area contributed by atoms with Crippen molar-refractivity contribution in [3.63, 3.8) is 0 Å². The summed E-state index contributed by atoms with van der Waals surface area (Å²) in [5.41, 5.74) is 1.83. The Morgan fingerprint density at radius 3 is 1.27 bits per heavy atom. The van der Waals surface area contributed by atoms with E-state index >= 15 is 0 Å². The molecule has 0 aliphatic carbocycles. The van der Waals surface area contributed by atoms with Crippen LogP contribution in [0.5, 0.6) is 0 Å². The number of hydrogen-bond acceptors (Lipinski definition) is 6. The average Bonchev–Trinajstić information content (AvgIpc) is 3.04. The molecule has 44 heavy (non-hydrogen) atoms. The second-order valence-corrected chi connectivity index (χ2v) is 11.7. The minimum absolute atomic E-state index is 0.252. The van der Waals surface area contributed by atoms with Crippen molar-refractivity contribution in [3.05, 3.63) is 69.8 Å². The molecule has 0 aromatic heterocycles. The van der Waals surface area contributed by atoms with E-state index in [9.17, 15) is 29.7 Å². The smallest absolute Gasteiger partial charge is 0.261 e. The minimum atomic E-state index is -0.435. The molecule has 0 spiro atoms. The average molecular weight is 581 g/mol. The van der Waals surface area contributed by atoms with Crippen LogP contribution in [0, 0.1) is 22.7 Å². The van der Waals surface area contributed by atoms with Gasteiger partial charge < -0.3 is 0 Å². The summed E-state index contributed by atoms with van der Waals surface area (Å²) in [5, 5.41) is 25.1. The fourth-order valence-corrected chi connectivity index (χ4v) is 7.19. The van der Waals surface area contributed by atoms with Crippen molar-refractivity contribution in [1.82, 2.24) is 9.80 Å². The van der Waals surface area contributed by atoms with Gasteiger partial charge in [0.25, 0.3) is 23.6 Å². The van der Waals surface area contributed by atoms with Gasteiger partial charge in [-0.25, -0.2) is 0 Å². The van der Waals surface area contributed by atoms with Crippen LogP contribution in [0.2, 0.25) is 0 Å². The lowest BCUT2D eigenvalue weighted by molar-refractivity contribution is 0.0592. The van der Waals surface area contributed by atoms with Gasteiger partial charge in [0.1, 0.15) is 0 Å². The number of unbranched alkanes of at least 4 members (excludes halogenated alkanes) is 4. The summed E-state index contributed by atoms with van der Waals surface area (Å²) < 4.78 is 0. The van der Waals surface area contributed by atoms with E-state index in [1.165, 1.54) is 9.80 Å². The number of nitrogens with zero attached hydrogens (tertiary/aromatic N) is 4. The van der Waals surface area contributed by atoms with Crippen LogP contribution in [-0.2, 0) is 0 Å². The van der Waals surface area contributed by atoms with Gasteiger partial charge in [-0.1, -0.05) is 51.7 Å². The molecule has 0 unspecified atom stereocenters. The van der Waals surface area contributed by atoms with Crippen LogP contribution >= 0.6 is 0 Å². The van der Waals surface area contributed by atoms with Gasteiger partial charge in [0.2, 0.25) is 0 Å². The van der Waals surface area contributed by atoms with Crippen LogP contribution in [0.25, 0.3) is 43.1 Å². The molecule has 7 rings (SSSR count). The van der Waals surface area contributed by atoms with Gasteiger partial charge in [-0.15, -0.1) is 0 Å². The molecule has 0 radical (unpaired) electrons. The maximum atomic E-state index is 13.8. The Morgan fingerprint density at radius 2 is 0.909 bits per heavy atom. The molecular weight excluding hydrogens is 552 g/mol. The maximum Gasteiger partial charge on any atom is 0.261 e. The molecule has 0 N–H and O–H groups in total. The maximum absolute atomic E-state index is 13.8. The number of benzene rings is 5. The number of nitriles is 2. The first-order valence-corrected chi connectivity index (χ1v) is 15.2. The molecule has 216 valence electrons. The van der Waals surface area contributed by atoms with E-state index in [0.717, 1.165) is 25.7 Å². The first kappa shape index (κ1) is 27.5. The highest BCUT2D eigenvalue weighted by molar-refractivity contribution is 6.42. The number of amides is 4. The van der Waals surface area contributed by atoms with Gasteiger partial charge >= 0.3 is 0 Å². The monoisotopic (exact) mass is 580 g/mol. The van der Waals surface area contributed by atoms with E-state index < -0.39 is 11.8 Å². The number of hydrogen-bond donors (Lipinski definition) is 0. The second-order valence-electron chi connectivity index (χ2n) is 11.7. The van der Waals surface area contributed by atoms with E-state index in [2.05, 4.69) is 26.0 Å². The molecule has 0 bridgehead atoms. The molecule has 4 amide bonds. The van der Waals surface area contributed by atoms with Gasteiger partial charge in [-0.05, 0) is 47.9 Å². The topological polar surface area (TPSA) is 122 Å². The molecule has 0 fully saturated rings. The molecule has 0 atom stereocenters. The van der Waals surface area contributed by atoms with E-state index in [1.807, 2.05) is 0 Å². The zero-order valence-corrected chi connectivity index (χ0v) is 24.5. The molecule has 0 saturated heterocycles. The number of imide groups is 2. The van der Waals surface area contributed by atoms with Crippen LogP contribution < -0.4 is 0 Å². The molecule has 8 heteroatoms. The summed E-state index contributed by atoms with van der Waals surface area (Å²) in [6.07, 6.45) is 5.02. The van der Waals surface area contributed by atoms with Crippen molar-refractivity contribution >= 4 is 66.7 Å². The standard InChI is InChI=1S/C36H28N4O4/c1-3-5-7-13-39-33(41)23-11-9-21-28-20(18-38)16-26-30-24(34(42)40(36(26)44)14-8-6-4-2)12-10-22(32(28)30)27-19(17-37)15-25(35(39)43)29(23)31(21)27/h9-12,15-16H,3-8,13-14H2,1-2H3. The predicted octanol–water partition coefficient (Wildman–Crippen LogP) is 7.05. The van der Waals surface area contributed by atoms with Gasteiger partial charge in [-0.3, -0.25) is 29.0 Å². The molecular formula is C36H28N4O4. The van der Waals surface area contributed by atoms with Crippen molar-refractivity contribution in [2.75, 3.05) is 13.1 Å². The highest BCUT2D eigenvalue weighted by atomic mass is 16.2. The van der Waals surface area contributed by atoms with Gasteiger partial charge in [0.05, 0.1) is 34.4 Å². The first-order valence-electron chi connectivity index (χ1n) is 15.2. The highest BCUT2D eigenvalue weighted by Gasteiger charge is 2.38. The number of rotatable bonds is 8. The Kier molecular flexibility index (Phi) is 6.33. The lowest BCUT2D eigenvalue weighted by Gasteiger charge is -2.30.